The highest BCUT2D eigenvalue weighted by Crippen LogP contribution is 2.23. The topological polar surface area (TPSA) is 97.9 Å². The molecular formula is C18H23ClN6O2. The molecule has 0 aromatic carbocycles. The van der Waals surface area contributed by atoms with E-state index in [1.54, 1.807) is 18.6 Å². The Bertz CT molecular complexity index is 920. The van der Waals surface area contributed by atoms with E-state index in [1.807, 2.05) is 12.3 Å². The van der Waals surface area contributed by atoms with Crippen LogP contribution in [0, 0.1) is 11.8 Å². The maximum absolute atomic E-state index is 10.8. The summed E-state index contributed by atoms with van der Waals surface area (Å²) in [6.07, 6.45) is 7.91. The number of hydrogen-bond acceptors (Lipinski definition) is 5. The first kappa shape index (κ1) is 19.2. The first-order chi connectivity index (χ1) is 13.0. The molecule has 0 fully saturated rings. The number of carbonyl (C=O) groups is 1. The van der Waals surface area contributed by atoms with Gasteiger partial charge in [0.1, 0.15) is 12.2 Å². The molecule has 0 amide bonds. The molecule has 8 nitrogen and oxygen atoms in total. The lowest BCUT2D eigenvalue weighted by atomic mass is 9.93. The van der Waals surface area contributed by atoms with Gasteiger partial charge >= 0.3 is 5.97 Å². The van der Waals surface area contributed by atoms with E-state index in [-0.39, 0.29) is 6.54 Å². The molecule has 3 rings (SSSR count). The molecule has 0 aliphatic heterocycles. The van der Waals surface area contributed by atoms with Gasteiger partial charge in [-0.25, -0.2) is 4.98 Å². The van der Waals surface area contributed by atoms with Gasteiger partial charge in [0.05, 0.1) is 11.9 Å². The predicted octanol–water partition coefficient (Wildman–Crippen LogP) is 3.36. The van der Waals surface area contributed by atoms with Gasteiger partial charge in [-0.3, -0.25) is 9.48 Å². The van der Waals surface area contributed by atoms with Crippen LogP contribution in [0.5, 0.6) is 0 Å². The van der Waals surface area contributed by atoms with E-state index in [0.29, 0.717) is 29.4 Å². The summed E-state index contributed by atoms with van der Waals surface area (Å²) >= 11 is 5.96. The Balaban J connectivity index is 1.80. The normalized spacial score (nSPS) is 12.6. The maximum atomic E-state index is 10.8. The average Bonchev–Trinajstić information content (AvgIpc) is 3.21. The summed E-state index contributed by atoms with van der Waals surface area (Å²) in [5.74, 6) is 1.14. The van der Waals surface area contributed by atoms with Gasteiger partial charge in [0.2, 0.25) is 5.95 Å². The standard InChI is InChI=1S/C18H23ClN6O2/c1-12(2)14(3-5-19)9-24-6-4-13-7-20-18(23-17(13)24)22-15-8-21-25(10-15)11-16(26)27/h4,6-8,10,12,14H,3,5,9,11H2,1-2H3,(H,26,27)(H,20,22,23)/t14-/m1/s1. The fourth-order valence-electron chi connectivity index (χ4n) is 2.99. The van der Waals surface area contributed by atoms with Gasteiger partial charge in [0, 0.05) is 36.4 Å². The number of alkyl halides is 1. The monoisotopic (exact) mass is 390 g/mol. The number of fused-ring (bicyclic) bond motifs is 1. The Morgan fingerprint density at radius 2 is 2.19 bits per heavy atom. The van der Waals surface area contributed by atoms with Gasteiger partial charge in [0.25, 0.3) is 0 Å². The van der Waals surface area contributed by atoms with Gasteiger partial charge in [0.15, 0.2) is 0 Å². The lowest BCUT2D eigenvalue weighted by Crippen LogP contribution is -2.17. The maximum Gasteiger partial charge on any atom is 0.325 e. The molecule has 0 bridgehead atoms. The lowest BCUT2D eigenvalue weighted by Gasteiger charge is -2.20. The van der Waals surface area contributed by atoms with E-state index in [2.05, 4.69) is 38.8 Å². The number of carboxylic acid groups (broad SMARTS) is 1. The van der Waals surface area contributed by atoms with Crippen molar-refractivity contribution in [2.45, 2.75) is 33.4 Å². The Kier molecular flexibility index (Phi) is 5.95. The number of halogens is 1. The van der Waals surface area contributed by atoms with Crippen molar-refractivity contribution in [3.8, 4) is 0 Å². The zero-order chi connectivity index (χ0) is 19.4. The number of nitrogens with zero attached hydrogens (tertiary/aromatic N) is 5. The summed E-state index contributed by atoms with van der Waals surface area (Å²) in [6, 6.07) is 2.00. The van der Waals surface area contributed by atoms with Gasteiger partial charge in [-0.05, 0) is 24.3 Å². The molecule has 1 atom stereocenters. The third kappa shape index (κ3) is 4.77. The Morgan fingerprint density at radius 3 is 2.89 bits per heavy atom. The van der Waals surface area contributed by atoms with Gasteiger partial charge in [-0.1, -0.05) is 13.8 Å². The Hall–Kier alpha value is -2.61. The molecule has 3 heterocycles. The first-order valence-electron chi connectivity index (χ1n) is 8.85. The summed E-state index contributed by atoms with van der Waals surface area (Å²) in [6.45, 7) is 5.07. The van der Waals surface area contributed by atoms with Crippen molar-refractivity contribution in [2.24, 2.45) is 11.8 Å². The zero-order valence-electron chi connectivity index (χ0n) is 15.3. The number of carboxylic acids is 1. The molecule has 0 radical (unpaired) electrons. The van der Waals surface area contributed by atoms with Crippen LogP contribution in [0.1, 0.15) is 20.3 Å². The van der Waals surface area contributed by atoms with E-state index in [9.17, 15) is 4.79 Å². The number of anilines is 2. The summed E-state index contributed by atoms with van der Waals surface area (Å²) in [5, 5.41) is 16.9. The molecule has 3 aromatic rings. The van der Waals surface area contributed by atoms with Crippen LogP contribution in [0.4, 0.5) is 11.6 Å². The molecular weight excluding hydrogens is 368 g/mol. The van der Waals surface area contributed by atoms with Crippen molar-refractivity contribution >= 4 is 40.2 Å². The van der Waals surface area contributed by atoms with E-state index in [1.165, 1.54) is 4.68 Å². The van der Waals surface area contributed by atoms with Crippen LogP contribution in [-0.4, -0.2) is 41.3 Å². The van der Waals surface area contributed by atoms with Crippen LogP contribution < -0.4 is 5.32 Å². The Morgan fingerprint density at radius 1 is 1.37 bits per heavy atom. The van der Waals surface area contributed by atoms with E-state index in [4.69, 9.17) is 16.7 Å². The van der Waals surface area contributed by atoms with E-state index < -0.39 is 5.97 Å². The largest absolute Gasteiger partial charge is 0.480 e. The number of nitrogens with one attached hydrogen (secondary N) is 1. The number of aliphatic carboxylic acids is 1. The molecule has 3 aromatic heterocycles. The summed E-state index contributed by atoms with van der Waals surface area (Å²) in [7, 11) is 0. The van der Waals surface area contributed by atoms with Crippen LogP contribution in [0.15, 0.2) is 30.9 Å². The van der Waals surface area contributed by atoms with Crippen molar-refractivity contribution in [1.29, 1.82) is 0 Å². The molecule has 0 saturated heterocycles. The molecule has 0 spiro atoms. The molecule has 2 N–H and O–H groups in total. The summed E-state index contributed by atoms with van der Waals surface area (Å²) in [5.41, 5.74) is 1.49. The minimum Gasteiger partial charge on any atom is -0.480 e. The van der Waals surface area contributed by atoms with Crippen molar-refractivity contribution in [2.75, 3.05) is 11.2 Å². The highest BCUT2D eigenvalue weighted by Gasteiger charge is 2.15. The minimum absolute atomic E-state index is 0.193. The second-order valence-electron chi connectivity index (χ2n) is 6.87. The van der Waals surface area contributed by atoms with Gasteiger partial charge in [-0.15, -0.1) is 11.6 Å². The van der Waals surface area contributed by atoms with Crippen molar-refractivity contribution in [3.63, 3.8) is 0 Å². The second-order valence-corrected chi connectivity index (χ2v) is 7.25. The smallest absolute Gasteiger partial charge is 0.325 e. The number of hydrogen-bond donors (Lipinski definition) is 2. The molecule has 9 heteroatoms. The molecule has 0 unspecified atom stereocenters. The molecule has 0 aliphatic rings. The Labute approximate surface area is 162 Å². The van der Waals surface area contributed by atoms with Crippen LogP contribution in [-0.2, 0) is 17.9 Å². The summed E-state index contributed by atoms with van der Waals surface area (Å²) < 4.78 is 3.47. The van der Waals surface area contributed by atoms with E-state index >= 15 is 0 Å². The highest BCUT2D eigenvalue weighted by atomic mass is 35.5. The first-order valence-corrected chi connectivity index (χ1v) is 9.39. The molecule has 144 valence electrons. The third-order valence-electron chi connectivity index (χ3n) is 4.54. The third-order valence-corrected chi connectivity index (χ3v) is 4.76. The second kappa shape index (κ2) is 8.39. The highest BCUT2D eigenvalue weighted by molar-refractivity contribution is 6.17. The fraction of sp³-hybridized carbons (Fsp3) is 0.444. The van der Waals surface area contributed by atoms with Crippen LogP contribution in [0.2, 0.25) is 0 Å². The zero-order valence-corrected chi connectivity index (χ0v) is 16.1. The minimum atomic E-state index is -0.947. The quantitative estimate of drug-likeness (QED) is 0.543. The van der Waals surface area contributed by atoms with Gasteiger partial charge in [-0.2, -0.15) is 10.1 Å². The van der Waals surface area contributed by atoms with Crippen molar-refractivity contribution in [1.82, 2.24) is 24.3 Å². The van der Waals surface area contributed by atoms with Crippen molar-refractivity contribution < 1.29 is 9.90 Å². The van der Waals surface area contributed by atoms with Crippen LogP contribution in [0.3, 0.4) is 0 Å². The number of rotatable bonds is 9. The predicted molar refractivity (Wildman–Crippen MR) is 104 cm³/mol. The molecule has 27 heavy (non-hydrogen) atoms. The molecule has 0 saturated carbocycles. The molecule has 0 aliphatic carbocycles. The van der Waals surface area contributed by atoms with E-state index in [0.717, 1.165) is 24.0 Å². The lowest BCUT2D eigenvalue weighted by molar-refractivity contribution is -0.137. The summed E-state index contributed by atoms with van der Waals surface area (Å²) in [4.78, 5) is 19.7. The number of aromatic nitrogens is 5. The fourth-order valence-corrected chi connectivity index (χ4v) is 3.27. The van der Waals surface area contributed by atoms with Crippen LogP contribution >= 0.6 is 11.6 Å². The average molecular weight is 391 g/mol. The van der Waals surface area contributed by atoms with Crippen molar-refractivity contribution in [3.05, 3.63) is 30.9 Å². The SMILES string of the molecule is CC(C)[C@H](CCCl)Cn1ccc2cnc(Nc3cnn(CC(=O)O)c3)nc21. The van der Waals surface area contributed by atoms with Crippen LogP contribution in [0.25, 0.3) is 11.0 Å². The van der Waals surface area contributed by atoms with Gasteiger partial charge < -0.3 is 15.0 Å².